The topological polar surface area (TPSA) is 35.6 Å². The van der Waals surface area contributed by atoms with Gasteiger partial charge in [0.05, 0.1) is 12.1 Å². The normalized spacial score (nSPS) is 16.2. The first-order chi connectivity index (χ1) is 13.4. The molecule has 0 saturated carbocycles. The van der Waals surface area contributed by atoms with Crippen LogP contribution in [0.5, 0.6) is 0 Å². The molecule has 0 aliphatic carbocycles. The largest absolute Gasteiger partial charge is 0.416 e. The molecule has 2 aromatic rings. The maximum atomic E-state index is 12.8. The van der Waals surface area contributed by atoms with Gasteiger partial charge in [0, 0.05) is 44.1 Å². The van der Waals surface area contributed by atoms with E-state index in [4.69, 9.17) is 0 Å². The second-order valence-corrected chi connectivity index (χ2v) is 7.96. The molecule has 28 heavy (non-hydrogen) atoms. The van der Waals surface area contributed by atoms with Crippen LogP contribution in [0.3, 0.4) is 0 Å². The first-order valence-electron chi connectivity index (χ1n) is 9.30. The van der Waals surface area contributed by atoms with E-state index >= 15 is 0 Å². The van der Waals surface area contributed by atoms with Crippen molar-refractivity contribution in [2.45, 2.75) is 19.1 Å². The summed E-state index contributed by atoms with van der Waals surface area (Å²) in [5.74, 6) is 0.0166. The lowest BCUT2D eigenvalue weighted by atomic mass is 10.1. The van der Waals surface area contributed by atoms with Crippen molar-refractivity contribution in [2.24, 2.45) is 0 Å². The number of amides is 1. The summed E-state index contributed by atoms with van der Waals surface area (Å²) in [6.07, 6.45) is -3.47. The van der Waals surface area contributed by atoms with Crippen molar-refractivity contribution < 1.29 is 18.0 Å². The Labute approximate surface area is 167 Å². The minimum atomic E-state index is -4.31. The third-order valence-corrected chi connectivity index (χ3v) is 5.70. The van der Waals surface area contributed by atoms with Gasteiger partial charge in [0.15, 0.2) is 0 Å². The Morgan fingerprint density at radius 3 is 2.50 bits per heavy atom. The lowest BCUT2D eigenvalue weighted by molar-refractivity contribution is -0.137. The summed E-state index contributed by atoms with van der Waals surface area (Å²) in [4.78, 5) is 17.5. The summed E-state index contributed by atoms with van der Waals surface area (Å²) in [6, 6.07) is 9.55. The molecule has 1 aromatic carbocycles. The van der Waals surface area contributed by atoms with Crippen LogP contribution in [0.1, 0.15) is 16.0 Å². The van der Waals surface area contributed by atoms with Gasteiger partial charge in [-0.25, -0.2) is 0 Å². The molecule has 1 aliphatic rings. The highest BCUT2D eigenvalue weighted by Gasteiger charge is 2.30. The van der Waals surface area contributed by atoms with Crippen LogP contribution < -0.4 is 5.32 Å². The molecule has 4 nitrogen and oxygen atoms in total. The van der Waals surface area contributed by atoms with Gasteiger partial charge >= 0.3 is 6.18 Å². The van der Waals surface area contributed by atoms with Crippen LogP contribution >= 0.6 is 11.3 Å². The number of piperazine rings is 1. The van der Waals surface area contributed by atoms with Crippen molar-refractivity contribution in [3.8, 4) is 0 Å². The van der Waals surface area contributed by atoms with Gasteiger partial charge in [-0.1, -0.05) is 24.3 Å². The van der Waals surface area contributed by atoms with Gasteiger partial charge in [-0.05, 0) is 29.5 Å². The zero-order chi connectivity index (χ0) is 20.0. The van der Waals surface area contributed by atoms with E-state index in [1.807, 2.05) is 11.4 Å². The monoisotopic (exact) mass is 411 g/mol. The summed E-state index contributed by atoms with van der Waals surface area (Å²) in [7, 11) is 0. The summed E-state index contributed by atoms with van der Waals surface area (Å²) in [5, 5.41) is 4.97. The van der Waals surface area contributed by atoms with Gasteiger partial charge in [0.1, 0.15) is 0 Å². The molecule has 1 fully saturated rings. The number of thiophene rings is 1. The number of rotatable bonds is 7. The quantitative estimate of drug-likeness (QED) is 0.760. The molecule has 3 rings (SSSR count). The Balaban J connectivity index is 1.38. The molecule has 1 amide bonds. The molecule has 0 bridgehead atoms. The van der Waals surface area contributed by atoms with E-state index in [9.17, 15) is 18.0 Å². The number of carbonyl (C=O) groups is 1. The first kappa shape index (κ1) is 20.8. The fraction of sp³-hybridized carbons (Fsp3) is 0.450. The Hall–Kier alpha value is -1.90. The van der Waals surface area contributed by atoms with E-state index in [2.05, 4.69) is 21.2 Å². The number of nitrogens with one attached hydrogen (secondary N) is 1. The molecule has 0 spiro atoms. The van der Waals surface area contributed by atoms with Crippen molar-refractivity contribution in [3.63, 3.8) is 0 Å². The van der Waals surface area contributed by atoms with Crippen LogP contribution in [0.2, 0.25) is 0 Å². The van der Waals surface area contributed by atoms with Gasteiger partial charge in [0.2, 0.25) is 5.91 Å². The van der Waals surface area contributed by atoms with Crippen LogP contribution in [0.15, 0.2) is 41.8 Å². The Bertz CT molecular complexity index is 756. The molecule has 8 heteroatoms. The van der Waals surface area contributed by atoms with Gasteiger partial charge in [-0.2, -0.15) is 13.2 Å². The zero-order valence-electron chi connectivity index (χ0n) is 15.5. The van der Waals surface area contributed by atoms with E-state index in [0.29, 0.717) is 25.2 Å². The molecular formula is C20H24F3N3OS. The maximum absolute atomic E-state index is 12.8. The van der Waals surface area contributed by atoms with Crippen LogP contribution in [-0.2, 0) is 23.9 Å². The van der Waals surface area contributed by atoms with Gasteiger partial charge in [-0.3, -0.25) is 14.6 Å². The van der Waals surface area contributed by atoms with E-state index in [0.717, 1.165) is 38.7 Å². The van der Waals surface area contributed by atoms with Crippen LogP contribution in [-0.4, -0.2) is 55.0 Å². The lowest BCUT2D eigenvalue weighted by Gasteiger charge is -2.34. The number of nitrogens with zero attached hydrogens (tertiary/aromatic N) is 2. The molecule has 1 saturated heterocycles. The number of halogens is 3. The molecule has 0 atom stereocenters. The van der Waals surface area contributed by atoms with Crippen molar-refractivity contribution in [2.75, 3.05) is 39.3 Å². The Kier molecular flexibility index (Phi) is 7.09. The van der Waals surface area contributed by atoms with E-state index < -0.39 is 11.7 Å². The number of hydrogen-bond acceptors (Lipinski definition) is 4. The van der Waals surface area contributed by atoms with Gasteiger partial charge < -0.3 is 5.32 Å². The molecular weight excluding hydrogens is 387 g/mol. The molecule has 1 N–H and O–H groups in total. The highest BCUT2D eigenvalue weighted by Crippen LogP contribution is 2.29. The van der Waals surface area contributed by atoms with Crippen molar-refractivity contribution in [3.05, 3.63) is 57.8 Å². The average molecular weight is 411 g/mol. The first-order valence-corrected chi connectivity index (χ1v) is 10.2. The second kappa shape index (κ2) is 9.54. The van der Waals surface area contributed by atoms with Crippen molar-refractivity contribution in [1.29, 1.82) is 0 Å². The highest BCUT2D eigenvalue weighted by molar-refractivity contribution is 7.09. The van der Waals surface area contributed by atoms with Crippen LogP contribution in [0, 0.1) is 0 Å². The minimum absolute atomic E-state index is 0.0166. The standard InChI is InChI=1S/C20H24F3N3OS/c21-20(22,23)17-4-1-3-16(13-17)14-25-8-10-26(11-9-25)15-19(27)24-7-6-18-5-2-12-28-18/h1-5,12-13H,6-11,14-15H2,(H,24,27). The highest BCUT2D eigenvalue weighted by atomic mass is 32.1. The van der Waals surface area contributed by atoms with Crippen LogP contribution in [0.25, 0.3) is 0 Å². The molecule has 1 aliphatic heterocycles. The molecule has 2 heterocycles. The molecule has 0 unspecified atom stereocenters. The molecule has 0 radical (unpaired) electrons. The maximum Gasteiger partial charge on any atom is 0.416 e. The summed E-state index contributed by atoms with van der Waals surface area (Å²) in [6.45, 7) is 4.42. The minimum Gasteiger partial charge on any atom is -0.355 e. The van der Waals surface area contributed by atoms with E-state index in [1.54, 1.807) is 17.4 Å². The molecule has 1 aromatic heterocycles. The smallest absolute Gasteiger partial charge is 0.355 e. The number of benzene rings is 1. The summed E-state index contributed by atoms with van der Waals surface area (Å²) >= 11 is 1.68. The van der Waals surface area contributed by atoms with Crippen LogP contribution in [0.4, 0.5) is 13.2 Å². The lowest BCUT2D eigenvalue weighted by Crippen LogP contribution is -2.49. The predicted molar refractivity (Wildman–Crippen MR) is 104 cm³/mol. The Morgan fingerprint density at radius 1 is 1.07 bits per heavy atom. The van der Waals surface area contributed by atoms with E-state index in [-0.39, 0.29) is 5.91 Å². The molecule has 152 valence electrons. The fourth-order valence-electron chi connectivity index (χ4n) is 3.25. The second-order valence-electron chi connectivity index (χ2n) is 6.93. The number of hydrogen-bond donors (Lipinski definition) is 1. The Morgan fingerprint density at radius 2 is 1.82 bits per heavy atom. The SMILES string of the molecule is O=C(CN1CCN(Cc2cccc(C(F)(F)F)c2)CC1)NCCc1cccs1. The number of alkyl halides is 3. The third kappa shape index (κ3) is 6.32. The predicted octanol–water partition coefficient (Wildman–Crippen LogP) is 3.24. The zero-order valence-corrected chi connectivity index (χ0v) is 16.4. The van der Waals surface area contributed by atoms with Gasteiger partial charge in [0.25, 0.3) is 0 Å². The average Bonchev–Trinajstić information content (AvgIpc) is 3.16. The summed E-state index contributed by atoms with van der Waals surface area (Å²) in [5.41, 5.74) is 0.0532. The van der Waals surface area contributed by atoms with Crippen molar-refractivity contribution in [1.82, 2.24) is 15.1 Å². The fourth-order valence-corrected chi connectivity index (χ4v) is 3.96. The third-order valence-electron chi connectivity index (χ3n) is 4.77. The summed E-state index contributed by atoms with van der Waals surface area (Å²) < 4.78 is 38.5. The number of carbonyl (C=O) groups excluding carboxylic acids is 1. The van der Waals surface area contributed by atoms with Crippen molar-refractivity contribution >= 4 is 17.2 Å². The van der Waals surface area contributed by atoms with E-state index in [1.165, 1.54) is 17.0 Å². The van der Waals surface area contributed by atoms with Gasteiger partial charge in [-0.15, -0.1) is 11.3 Å².